The molecule has 1 aromatic carbocycles. The van der Waals surface area contributed by atoms with Gasteiger partial charge in [-0.25, -0.2) is 4.79 Å². The highest BCUT2D eigenvalue weighted by Gasteiger charge is 2.17. The molecule has 0 bridgehead atoms. The monoisotopic (exact) mass is 331 g/mol. The second kappa shape index (κ2) is 6.31. The van der Waals surface area contributed by atoms with Gasteiger partial charge in [-0.1, -0.05) is 34.8 Å². The summed E-state index contributed by atoms with van der Waals surface area (Å²) < 4.78 is 5.47. The lowest BCUT2D eigenvalue weighted by Gasteiger charge is -2.12. The molecule has 1 aromatic heterocycles. The van der Waals surface area contributed by atoms with Gasteiger partial charge >= 0.3 is 5.97 Å². The average molecular weight is 333 g/mol. The van der Waals surface area contributed by atoms with Gasteiger partial charge in [-0.15, -0.1) is 0 Å². The largest absolute Gasteiger partial charge is 0.486 e. The molecule has 104 valence electrons. The lowest BCUT2D eigenvalue weighted by atomic mass is 10.2. The molecule has 0 aliphatic heterocycles. The minimum atomic E-state index is -1.18. The van der Waals surface area contributed by atoms with E-state index in [1.54, 1.807) is 12.3 Å². The van der Waals surface area contributed by atoms with Gasteiger partial charge in [0.25, 0.3) is 0 Å². The molecule has 20 heavy (non-hydrogen) atoms. The summed E-state index contributed by atoms with van der Waals surface area (Å²) in [5.41, 5.74) is 0.566. The normalized spacial score (nSPS) is 10.3. The predicted molar refractivity (Wildman–Crippen MR) is 77.0 cm³/mol. The highest BCUT2D eigenvalue weighted by Crippen LogP contribution is 2.33. The van der Waals surface area contributed by atoms with Crippen molar-refractivity contribution in [2.45, 2.75) is 6.61 Å². The van der Waals surface area contributed by atoms with Crippen LogP contribution in [0.25, 0.3) is 0 Å². The lowest BCUT2D eigenvalue weighted by molar-refractivity contribution is 0.0692. The smallest absolute Gasteiger partial charge is 0.339 e. The summed E-state index contributed by atoms with van der Waals surface area (Å²) >= 11 is 17.7. The Kier molecular flexibility index (Phi) is 4.70. The summed E-state index contributed by atoms with van der Waals surface area (Å²) in [5.74, 6) is -1.12. The van der Waals surface area contributed by atoms with E-state index in [9.17, 15) is 4.79 Å². The van der Waals surface area contributed by atoms with Crippen LogP contribution in [0.2, 0.25) is 15.1 Å². The van der Waals surface area contributed by atoms with E-state index in [1.807, 2.05) is 0 Å². The number of ether oxygens (including phenoxy) is 1. The second-order valence-corrected chi connectivity index (χ2v) is 5.08. The van der Waals surface area contributed by atoms with Crippen LogP contribution < -0.4 is 4.74 Å². The fraction of sp³-hybridized carbons (Fsp3) is 0.0769. The number of halogens is 3. The molecule has 1 N–H and O–H groups in total. The molecule has 0 radical (unpaired) electrons. The van der Waals surface area contributed by atoms with Crippen molar-refractivity contribution in [1.82, 2.24) is 4.98 Å². The molecule has 1 heterocycles. The number of hydrogen-bond donors (Lipinski definition) is 1. The van der Waals surface area contributed by atoms with Crippen molar-refractivity contribution in [3.63, 3.8) is 0 Å². The molecule has 0 atom stereocenters. The van der Waals surface area contributed by atoms with Crippen LogP contribution >= 0.6 is 34.8 Å². The lowest BCUT2D eigenvalue weighted by Crippen LogP contribution is -2.04. The van der Waals surface area contributed by atoms with Crippen molar-refractivity contribution in [2.75, 3.05) is 0 Å². The Labute approximate surface area is 129 Å². The quantitative estimate of drug-likeness (QED) is 0.906. The van der Waals surface area contributed by atoms with Gasteiger partial charge in [0.05, 0.1) is 10.0 Å². The first-order chi connectivity index (χ1) is 9.49. The standard InChI is InChI=1S/C13H8Cl3NO3/c14-8-3-9(13(18)19)12(10(15)4-8)20-6-7-1-2-17-5-11(7)16/h1-5H,6H2,(H,18,19). The molecule has 2 aromatic rings. The van der Waals surface area contributed by atoms with E-state index >= 15 is 0 Å². The molecular weight excluding hydrogens is 325 g/mol. The SMILES string of the molecule is O=C(O)c1cc(Cl)cc(Cl)c1OCc1ccncc1Cl. The highest BCUT2D eigenvalue weighted by atomic mass is 35.5. The number of carboxylic acid groups (broad SMARTS) is 1. The highest BCUT2D eigenvalue weighted by molar-refractivity contribution is 6.36. The number of carbonyl (C=O) groups is 1. The summed E-state index contributed by atoms with van der Waals surface area (Å²) in [6.45, 7) is 0.0724. The molecule has 2 rings (SSSR count). The molecular formula is C13H8Cl3NO3. The van der Waals surface area contributed by atoms with Crippen LogP contribution in [0.3, 0.4) is 0 Å². The van der Waals surface area contributed by atoms with Gasteiger partial charge in [0.15, 0.2) is 5.75 Å². The minimum absolute atomic E-state index is 0.0523. The summed E-state index contributed by atoms with van der Waals surface area (Å²) in [5, 5.41) is 9.91. The Hall–Kier alpha value is -1.49. The van der Waals surface area contributed by atoms with E-state index in [0.717, 1.165) is 0 Å². The molecule has 0 saturated carbocycles. The number of aromatic nitrogens is 1. The van der Waals surface area contributed by atoms with Crippen LogP contribution in [0.1, 0.15) is 15.9 Å². The molecule has 0 aliphatic carbocycles. The summed E-state index contributed by atoms with van der Waals surface area (Å²) in [4.78, 5) is 15.0. The fourth-order valence-electron chi connectivity index (χ4n) is 1.54. The van der Waals surface area contributed by atoms with Crippen LogP contribution in [0.15, 0.2) is 30.6 Å². The van der Waals surface area contributed by atoms with Gasteiger partial charge < -0.3 is 9.84 Å². The maximum absolute atomic E-state index is 11.2. The third-order valence-corrected chi connectivity index (χ3v) is 3.31. The van der Waals surface area contributed by atoms with Crippen molar-refractivity contribution in [3.05, 3.63) is 56.8 Å². The molecule has 0 aliphatic rings. The number of benzene rings is 1. The van der Waals surface area contributed by atoms with Gasteiger partial charge in [-0.3, -0.25) is 4.98 Å². The molecule has 4 nitrogen and oxygen atoms in total. The number of pyridine rings is 1. The van der Waals surface area contributed by atoms with E-state index in [4.69, 9.17) is 44.6 Å². The zero-order chi connectivity index (χ0) is 14.7. The Morgan fingerprint density at radius 1 is 1.25 bits per heavy atom. The number of hydrogen-bond acceptors (Lipinski definition) is 3. The van der Waals surface area contributed by atoms with Crippen LogP contribution in [-0.2, 0) is 6.61 Å². The average Bonchev–Trinajstić information content (AvgIpc) is 2.38. The summed E-state index contributed by atoms with van der Waals surface area (Å²) in [6.07, 6.45) is 3.04. The van der Waals surface area contributed by atoms with Crippen LogP contribution in [0, 0.1) is 0 Å². The third-order valence-electron chi connectivity index (χ3n) is 2.47. The minimum Gasteiger partial charge on any atom is -0.486 e. The Morgan fingerprint density at radius 2 is 2.00 bits per heavy atom. The van der Waals surface area contributed by atoms with E-state index in [2.05, 4.69) is 4.98 Å². The number of carboxylic acids is 1. The van der Waals surface area contributed by atoms with Gasteiger partial charge in [0.1, 0.15) is 12.2 Å². The first-order valence-electron chi connectivity index (χ1n) is 5.42. The molecule has 0 amide bonds. The second-order valence-electron chi connectivity index (χ2n) is 3.83. The van der Waals surface area contributed by atoms with Crippen LogP contribution in [0.4, 0.5) is 0 Å². The number of nitrogens with zero attached hydrogens (tertiary/aromatic N) is 1. The molecule has 0 spiro atoms. The van der Waals surface area contributed by atoms with E-state index in [0.29, 0.717) is 10.6 Å². The first-order valence-corrected chi connectivity index (χ1v) is 6.56. The van der Waals surface area contributed by atoms with Gasteiger partial charge in [-0.2, -0.15) is 0 Å². The molecule has 0 saturated heterocycles. The van der Waals surface area contributed by atoms with E-state index < -0.39 is 5.97 Å². The number of rotatable bonds is 4. The maximum Gasteiger partial charge on any atom is 0.339 e. The zero-order valence-electron chi connectivity index (χ0n) is 9.94. The fourth-order valence-corrected chi connectivity index (χ4v) is 2.26. The van der Waals surface area contributed by atoms with E-state index in [1.165, 1.54) is 18.3 Å². The van der Waals surface area contributed by atoms with Crippen LogP contribution in [0.5, 0.6) is 5.75 Å². The zero-order valence-corrected chi connectivity index (χ0v) is 12.2. The molecule has 7 heteroatoms. The Bertz CT molecular complexity index is 661. The van der Waals surface area contributed by atoms with E-state index in [-0.39, 0.29) is 28.0 Å². The Morgan fingerprint density at radius 3 is 2.65 bits per heavy atom. The van der Waals surface area contributed by atoms with Crippen molar-refractivity contribution in [1.29, 1.82) is 0 Å². The molecule has 0 unspecified atom stereocenters. The van der Waals surface area contributed by atoms with Gasteiger partial charge in [0.2, 0.25) is 0 Å². The maximum atomic E-state index is 11.2. The van der Waals surface area contributed by atoms with Crippen LogP contribution in [-0.4, -0.2) is 16.1 Å². The van der Waals surface area contributed by atoms with Crippen molar-refractivity contribution >= 4 is 40.8 Å². The first kappa shape index (κ1) is 14.9. The number of aromatic carboxylic acids is 1. The van der Waals surface area contributed by atoms with Gasteiger partial charge in [0, 0.05) is 23.0 Å². The third kappa shape index (κ3) is 3.33. The van der Waals surface area contributed by atoms with Crippen molar-refractivity contribution < 1.29 is 14.6 Å². The topological polar surface area (TPSA) is 59.4 Å². The summed E-state index contributed by atoms with van der Waals surface area (Å²) in [7, 11) is 0. The Balaban J connectivity index is 2.30. The molecule has 0 fully saturated rings. The van der Waals surface area contributed by atoms with Gasteiger partial charge in [-0.05, 0) is 18.2 Å². The van der Waals surface area contributed by atoms with Crippen molar-refractivity contribution in [2.24, 2.45) is 0 Å². The summed E-state index contributed by atoms with van der Waals surface area (Å²) in [6, 6.07) is 4.37. The predicted octanol–water partition coefficient (Wildman–Crippen LogP) is 4.32. The van der Waals surface area contributed by atoms with Crippen molar-refractivity contribution in [3.8, 4) is 5.75 Å².